The minimum atomic E-state index is -4.96. The first-order valence-electron chi connectivity index (χ1n) is 7.40. The molecule has 1 N–H and O–H groups in total. The number of rotatable bonds is 1. The molecule has 0 saturated carbocycles. The summed E-state index contributed by atoms with van der Waals surface area (Å²) in [5.74, 6) is -0.378. The molecule has 1 aromatic rings. The van der Waals surface area contributed by atoms with Gasteiger partial charge in [-0.15, -0.1) is 11.3 Å². The van der Waals surface area contributed by atoms with Crippen molar-refractivity contribution in [1.82, 2.24) is 5.01 Å². The normalized spacial score (nSPS) is 27.8. The van der Waals surface area contributed by atoms with Crippen LogP contribution in [0.4, 0.5) is 13.2 Å². The standard InChI is InChI=1S/C15H17F3N2O2S/c1-8-3-4-10-11(7-23-12(10)5-8)13(21)20-14(22,15(16,17)18)6-9(2)19-20/h7-8,22H,3-6H2,1-2H3/t8-,14+/m0/s1. The first kappa shape index (κ1) is 16.4. The maximum Gasteiger partial charge on any atom is 0.438 e. The fraction of sp³-hybridized carbons (Fsp3) is 0.600. The van der Waals surface area contributed by atoms with Gasteiger partial charge >= 0.3 is 6.18 Å². The van der Waals surface area contributed by atoms with E-state index in [0.717, 1.165) is 23.3 Å². The number of halogens is 3. The van der Waals surface area contributed by atoms with Crippen molar-refractivity contribution in [1.29, 1.82) is 0 Å². The lowest BCUT2D eigenvalue weighted by Gasteiger charge is -2.32. The van der Waals surface area contributed by atoms with Crippen LogP contribution in [-0.2, 0) is 12.8 Å². The SMILES string of the molecule is CC1=NN(C(=O)c2csc3c2CC[C@H](C)C3)[C@](O)(C(F)(F)F)C1. The topological polar surface area (TPSA) is 52.9 Å². The second-order valence-corrected chi connectivity index (χ2v) is 7.31. The van der Waals surface area contributed by atoms with E-state index < -0.39 is 24.2 Å². The van der Waals surface area contributed by atoms with E-state index in [9.17, 15) is 23.1 Å². The van der Waals surface area contributed by atoms with Gasteiger partial charge in [0.05, 0.1) is 5.56 Å². The lowest BCUT2D eigenvalue weighted by molar-refractivity contribution is -0.297. The predicted molar refractivity (Wildman–Crippen MR) is 80.4 cm³/mol. The molecule has 3 rings (SSSR count). The van der Waals surface area contributed by atoms with Gasteiger partial charge in [-0.1, -0.05) is 6.92 Å². The fourth-order valence-corrected chi connectivity index (χ4v) is 4.36. The summed E-state index contributed by atoms with van der Waals surface area (Å²) in [4.78, 5) is 13.7. The van der Waals surface area contributed by atoms with Crippen molar-refractivity contribution >= 4 is 23.0 Å². The molecule has 0 fully saturated rings. The van der Waals surface area contributed by atoms with Gasteiger partial charge in [0.1, 0.15) is 0 Å². The maximum absolute atomic E-state index is 13.2. The highest BCUT2D eigenvalue weighted by Gasteiger charge is 2.62. The van der Waals surface area contributed by atoms with Gasteiger partial charge in [-0.2, -0.15) is 23.3 Å². The van der Waals surface area contributed by atoms with Crippen LogP contribution in [0.15, 0.2) is 10.5 Å². The zero-order chi connectivity index (χ0) is 17.0. The molecule has 2 atom stereocenters. The highest BCUT2D eigenvalue weighted by Crippen LogP contribution is 2.42. The Morgan fingerprint density at radius 1 is 1.52 bits per heavy atom. The highest BCUT2D eigenvalue weighted by atomic mass is 32.1. The Morgan fingerprint density at radius 2 is 2.22 bits per heavy atom. The Labute approximate surface area is 135 Å². The number of carbonyl (C=O) groups excluding carboxylic acids is 1. The number of amides is 1. The molecule has 23 heavy (non-hydrogen) atoms. The zero-order valence-electron chi connectivity index (χ0n) is 12.8. The molecule has 4 nitrogen and oxygen atoms in total. The number of thiophene rings is 1. The lowest BCUT2D eigenvalue weighted by Crippen LogP contribution is -2.56. The quantitative estimate of drug-likeness (QED) is 0.848. The van der Waals surface area contributed by atoms with Crippen LogP contribution in [0, 0.1) is 5.92 Å². The van der Waals surface area contributed by atoms with Crippen molar-refractivity contribution in [3.63, 3.8) is 0 Å². The van der Waals surface area contributed by atoms with Gasteiger partial charge in [-0.05, 0) is 37.7 Å². The first-order valence-corrected chi connectivity index (χ1v) is 8.28. The third-order valence-corrected chi connectivity index (χ3v) is 5.45. The number of aliphatic hydroxyl groups is 1. The third-order valence-electron chi connectivity index (χ3n) is 4.40. The summed E-state index contributed by atoms with van der Waals surface area (Å²) in [6.07, 6.45) is -3.28. The molecule has 8 heteroatoms. The molecule has 0 aromatic carbocycles. The number of alkyl halides is 3. The largest absolute Gasteiger partial charge is 0.438 e. The van der Waals surface area contributed by atoms with Crippen LogP contribution in [0.25, 0.3) is 0 Å². The van der Waals surface area contributed by atoms with E-state index in [2.05, 4.69) is 12.0 Å². The molecule has 126 valence electrons. The van der Waals surface area contributed by atoms with Crippen LogP contribution >= 0.6 is 11.3 Å². The number of hydrazone groups is 1. The number of hydrogen-bond acceptors (Lipinski definition) is 4. The van der Waals surface area contributed by atoms with Crippen molar-refractivity contribution in [3.05, 3.63) is 21.4 Å². The Bertz CT molecular complexity index is 683. The summed E-state index contributed by atoms with van der Waals surface area (Å²) in [6.45, 7) is 3.48. The van der Waals surface area contributed by atoms with Gasteiger partial charge in [0.15, 0.2) is 0 Å². The summed E-state index contributed by atoms with van der Waals surface area (Å²) in [6, 6.07) is 0. The van der Waals surface area contributed by atoms with Crippen LogP contribution in [0.1, 0.15) is 47.5 Å². The van der Waals surface area contributed by atoms with Crippen LogP contribution < -0.4 is 0 Å². The minimum absolute atomic E-state index is 0.0795. The molecule has 0 spiro atoms. The molecular formula is C15H17F3N2O2S. The summed E-state index contributed by atoms with van der Waals surface area (Å²) >= 11 is 1.39. The Balaban J connectivity index is 1.97. The molecule has 1 amide bonds. The molecule has 0 unspecified atom stereocenters. The number of fused-ring (bicyclic) bond motifs is 1. The van der Waals surface area contributed by atoms with Gasteiger partial charge < -0.3 is 5.11 Å². The van der Waals surface area contributed by atoms with E-state index in [0.29, 0.717) is 12.3 Å². The van der Waals surface area contributed by atoms with Crippen molar-refractivity contribution in [2.45, 2.75) is 51.4 Å². The first-order chi connectivity index (χ1) is 10.6. The Hall–Kier alpha value is -1.41. The Morgan fingerprint density at radius 3 is 2.87 bits per heavy atom. The minimum Gasteiger partial charge on any atom is -0.362 e. The van der Waals surface area contributed by atoms with E-state index in [1.807, 2.05) is 0 Å². The molecule has 1 aliphatic carbocycles. The van der Waals surface area contributed by atoms with Crippen LogP contribution in [0.3, 0.4) is 0 Å². The molecule has 1 aliphatic heterocycles. The van der Waals surface area contributed by atoms with Crippen molar-refractivity contribution in [2.24, 2.45) is 11.0 Å². The number of carbonyl (C=O) groups is 1. The number of nitrogens with zero attached hydrogens (tertiary/aromatic N) is 2. The molecule has 0 saturated heterocycles. The maximum atomic E-state index is 13.2. The van der Waals surface area contributed by atoms with Crippen LogP contribution in [-0.4, -0.2) is 33.6 Å². The van der Waals surface area contributed by atoms with Crippen LogP contribution in [0.2, 0.25) is 0 Å². The highest BCUT2D eigenvalue weighted by molar-refractivity contribution is 7.10. The molecule has 1 aromatic heterocycles. The summed E-state index contributed by atoms with van der Waals surface area (Å²) in [5, 5.41) is 15.5. The average molecular weight is 346 g/mol. The van der Waals surface area contributed by atoms with Crippen LogP contribution in [0.5, 0.6) is 0 Å². The van der Waals surface area contributed by atoms with Gasteiger partial charge in [-0.3, -0.25) is 4.79 Å². The average Bonchev–Trinajstić information content (AvgIpc) is 2.98. The van der Waals surface area contributed by atoms with E-state index in [1.165, 1.54) is 18.3 Å². The van der Waals surface area contributed by atoms with E-state index in [1.54, 1.807) is 5.38 Å². The van der Waals surface area contributed by atoms with Gasteiger partial charge in [-0.25, -0.2) is 0 Å². The van der Waals surface area contributed by atoms with E-state index >= 15 is 0 Å². The molecular weight excluding hydrogens is 329 g/mol. The number of hydrogen-bond donors (Lipinski definition) is 1. The molecule has 0 radical (unpaired) electrons. The smallest absolute Gasteiger partial charge is 0.362 e. The zero-order valence-corrected chi connectivity index (χ0v) is 13.6. The molecule has 2 aliphatic rings. The van der Waals surface area contributed by atoms with E-state index in [4.69, 9.17) is 0 Å². The summed E-state index contributed by atoms with van der Waals surface area (Å²) in [7, 11) is 0. The Kier molecular flexibility index (Phi) is 3.79. The van der Waals surface area contributed by atoms with Crippen molar-refractivity contribution in [2.75, 3.05) is 0 Å². The second-order valence-electron chi connectivity index (χ2n) is 6.34. The van der Waals surface area contributed by atoms with Gasteiger partial charge in [0.25, 0.3) is 11.6 Å². The fourth-order valence-electron chi connectivity index (χ4n) is 3.12. The monoisotopic (exact) mass is 346 g/mol. The molecule has 2 heterocycles. The third kappa shape index (κ3) is 2.57. The summed E-state index contributed by atoms with van der Waals surface area (Å²) < 4.78 is 39.7. The van der Waals surface area contributed by atoms with E-state index in [-0.39, 0.29) is 16.3 Å². The van der Waals surface area contributed by atoms with Gasteiger partial charge in [0, 0.05) is 22.4 Å². The van der Waals surface area contributed by atoms with Crippen molar-refractivity contribution < 1.29 is 23.1 Å². The van der Waals surface area contributed by atoms with Gasteiger partial charge in [0.2, 0.25) is 0 Å². The molecule has 0 bridgehead atoms. The predicted octanol–water partition coefficient (Wildman–Crippen LogP) is 3.35. The second kappa shape index (κ2) is 5.31. The van der Waals surface area contributed by atoms with Crippen molar-refractivity contribution in [3.8, 4) is 0 Å². The summed E-state index contributed by atoms with van der Waals surface area (Å²) in [5.41, 5.74) is -2.14. The lowest BCUT2D eigenvalue weighted by atomic mass is 9.88.